The molecule has 0 aliphatic rings. The number of halogens is 3. The largest absolute Gasteiger partial charge is 0.466 e. The number of aliphatic hydroxyl groups excluding tert-OH is 1. The molecule has 1 aromatic rings. The van der Waals surface area contributed by atoms with Crippen LogP contribution >= 0.6 is 15.9 Å². The second-order valence-electron chi connectivity index (χ2n) is 3.79. The maximum absolute atomic E-state index is 13.4. The zero-order chi connectivity index (χ0) is 14.4. The molecule has 0 amide bonds. The molecule has 0 saturated carbocycles. The fourth-order valence-electron chi connectivity index (χ4n) is 1.37. The van der Waals surface area contributed by atoms with Gasteiger partial charge in [0.05, 0.1) is 29.3 Å². The van der Waals surface area contributed by atoms with Crippen LogP contribution in [0.2, 0.25) is 0 Å². The molecule has 0 saturated heterocycles. The molecule has 0 aromatic heterocycles. The third kappa shape index (κ3) is 5.12. The molecule has 4 nitrogen and oxygen atoms in total. The highest BCUT2D eigenvalue weighted by atomic mass is 79.9. The van der Waals surface area contributed by atoms with E-state index in [-0.39, 0.29) is 29.7 Å². The van der Waals surface area contributed by atoms with Crippen molar-refractivity contribution < 1.29 is 23.4 Å². The predicted molar refractivity (Wildman–Crippen MR) is 69.8 cm³/mol. The number of esters is 1. The summed E-state index contributed by atoms with van der Waals surface area (Å²) in [5.74, 6) is -1.82. The topological polar surface area (TPSA) is 58.6 Å². The Labute approximate surface area is 117 Å². The van der Waals surface area contributed by atoms with Crippen LogP contribution in [0.4, 0.5) is 14.5 Å². The van der Waals surface area contributed by atoms with E-state index in [0.29, 0.717) is 0 Å². The van der Waals surface area contributed by atoms with Gasteiger partial charge >= 0.3 is 5.97 Å². The Bertz CT molecular complexity index is 457. The van der Waals surface area contributed by atoms with Gasteiger partial charge in [-0.05, 0) is 28.9 Å². The number of rotatable bonds is 6. The normalized spacial score (nSPS) is 12.1. The van der Waals surface area contributed by atoms with Gasteiger partial charge in [0.1, 0.15) is 11.6 Å². The van der Waals surface area contributed by atoms with Crippen molar-refractivity contribution in [2.24, 2.45) is 0 Å². The summed E-state index contributed by atoms with van der Waals surface area (Å²) >= 11 is 2.86. The Morgan fingerprint density at radius 1 is 1.47 bits per heavy atom. The van der Waals surface area contributed by atoms with Crippen molar-refractivity contribution in [2.75, 3.05) is 18.5 Å². The van der Waals surface area contributed by atoms with Crippen molar-refractivity contribution >= 4 is 27.6 Å². The van der Waals surface area contributed by atoms with Crippen molar-refractivity contribution in [3.8, 4) is 0 Å². The lowest BCUT2D eigenvalue weighted by atomic mass is 10.2. The summed E-state index contributed by atoms with van der Waals surface area (Å²) in [6.07, 6.45) is -1.24. The number of anilines is 1. The SMILES string of the molecule is CCOC(=O)CC(O)CNc1cc(F)c(Br)cc1F. The number of benzene rings is 1. The highest BCUT2D eigenvalue weighted by Gasteiger charge is 2.13. The first-order valence-corrected chi connectivity index (χ1v) is 6.45. The van der Waals surface area contributed by atoms with E-state index in [0.717, 1.165) is 12.1 Å². The van der Waals surface area contributed by atoms with Crippen LogP contribution in [0, 0.1) is 11.6 Å². The first-order chi connectivity index (χ1) is 8.93. The standard InChI is InChI=1S/C12H14BrF2NO3/c1-2-19-12(18)3-7(17)6-16-11-5-9(14)8(13)4-10(11)15/h4-5,7,16-17H,2-3,6H2,1H3. The van der Waals surface area contributed by atoms with Gasteiger partial charge < -0.3 is 15.2 Å². The second kappa shape index (κ2) is 7.40. The summed E-state index contributed by atoms with van der Waals surface area (Å²) in [5, 5.41) is 12.1. The van der Waals surface area contributed by atoms with Crippen molar-refractivity contribution in [1.29, 1.82) is 0 Å². The molecule has 1 aromatic carbocycles. The molecular weight excluding hydrogens is 324 g/mol. The van der Waals surface area contributed by atoms with Gasteiger partial charge in [-0.15, -0.1) is 0 Å². The van der Waals surface area contributed by atoms with Gasteiger partial charge in [0.15, 0.2) is 0 Å². The van der Waals surface area contributed by atoms with E-state index >= 15 is 0 Å². The lowest BCUT2D eigenvalue weighted by molar-refractivity contribution is -0.145. The van der Waals surface area contributed by atoms with Gasteiger partial charge in [-0.25, -0.2) is 8.78 Å². The van der Waals surface area contributed by atoms with Gasteiger partial charge in [-0.3, -0.25) is 4.79 Å². The number of hydrogen-bond donors (Lipinski definition) is 2. The molecule has 19 heavy (non-hydrogen) atoms. The Balaban J connectivity index is 2.52. The average molecular weight is 338 g/mol. The number of hydrogen-bond acceptors (Lipinski definition) is 4. The number of carbonyl (C=O) groups is 1. The monoisotopic (exact) mass is 337 g/mol. The van der Waals surface area contributed by atoms with Crippen LogP contribution in [0.25, 0.3) is 0 Å². The molecule has 7 heteroatoms. The molecule has 0 bridgehead atoms. The molecule has 0 aliphatic carbocycles. The first kappa shape index (κ1) is 15.8. The number of carbonyl (C=O) groups excluding carboxylic acids is 1. The predicted octanol–water partition coefficient (Wildman–Crippen LogP) is 2.45. The van der Waals surface area contributed by atoms with Gasteiger partial charge in [0, 0.05) is 12.6 Å². The van der Waals surface area contributed by atoms with Gasteiger partial charge in [-0.1, -0.05) is 0 Å². The van der Waals surface area contributed by atoms with Crippen LogP contribution in [0.5, 0.6) is 0 Å². The van der Waals surface area contributed by atoms with Crippen LogP contribution in [-0.2, 0) is 9.53 Å². The summed E-state index contributed by atoms with van der Waals surface area (Å²) in [5.41, 5.74) is -0.0800. The van der Waals surface area contributed by atoms with Crippen LogP contribution in [0.1, 0.15) is 13.3 Å². The molecule has 1 atom stereocenters. The lowest BCUT2D eigenvalue weighted by Gasteiger charge is -2.13. The fourth-order valence-corrected chi connectivity index (χ4v) is 1.69. The minimum atomic E-state index is -1.04. The summed E-state index contributed by atoms with van der Waals surface area (Å²) in [6, 6.07) is 1.95. The minimum absolute atomic E-state index is 0.0163. The number of ether oxygens (including phenoxy) is 1. The van der Waals surface area contributed by atoms with E-state index in [9.17, 15) is 18.7 Å². The van der Waals surface area contributed by atoms with Crippen molar-refractivity contribution in [3.63, 3.8) is 0 Å². The second-order valence-corrected chi connectivity index (χ2v) is 4.64. The summed E-state index contributed by atoms with van der Waals surface area (Å²) in [4.78, 5) is 11.1. The maximum Gasteiger partial charge on any atom is 0.308 e. The van der Waals surface area contributed by atoms with Crippen molar-refractivity contribution in [1.82, 2.24) is 0 Å². The van der Waals surface area contributed by atoms with E-state index in [1.165, 1.54) is 0 Å². The maximum atomic E-state index is 13.4. The minimum Gasteiger partial charge on any atom is -0.466 e. The third-order valence-electron chi connectivity index (χ3n) is 2.25. The average Bonchev–Trinajstić information content (AvgIpc) is 2.32. The van der Waals surface area contributed by atoms with Gasteiger partial charge in [0.25, 0.3) is 0 Å². The molecule has 0 fully saturated rings. The van der Waals surface area contributed by atoms with E-state index in [1.807, 2.05) is 0 Å². The first-order valence-electron chi connectivity index (χ1n) is 5.66. The lowest BCUT2D eigenvalue weighted by Crippen LogP contribution is -2.24. The summed E-state index contributed by atoms with van der Waals surface area (Å²) in [6.45, 7) is 1.80. The molecule has 106 valence electrons. The van der Waals surface area contributed by atoms with E-state index < -0.39 is 23.7 Å². The fraction of sp³-hybridized carbons (Fsp3) is 0.417. The number of aliphatic hydroxyl groups is 1. The van der Waals surface area contributed by atoms with Crippen molar-refractivity contribution in [2.45, 2.75) is 19.4 Å². The molecule has 1 rings (SSSR count). The van der Waals surface area contributed by atoms with Gasteiger partial charge in [-0.2, -0.15) is 0 Å². The molecule has 0 heterocycles. The highest BCUT2D eigenvalue weighted by Crippen LogP contribution is 2.23. The van der Waals surface area contributed by atoms with Crippen LogP contribution in [0.3, 0.4) is 0 Å². The zero-order valence-electron chi connectivity index (χ0n) is 10.3. The quantitative estimate of drug-likeness (QED) is 0.618. The molecule has 0 radical (unpaired) electrons. The molecule has 0 spiro atoms. The van der Waals surface area contributed by atoms with E-state index in [4.69, 9.17) is 0 Å². The Hall–Kier alpha value is -1.21. The van der Waals surface area contributed by atoms with Crippen LogP contribution < -0.4 is 5.32 Å². The zero-order valence-corrected chi connectivity index (χ0v) is 11.8. The highest BCUT2D eigenvalue weighted by molar-refractivity contribution is 9.10. The molecular formula is C12H14BrF2NO3. The van der Waals surface area contributed by atoms with Crippen molar-refractivity contribution in [3.05, 3.63) is 28.2 Å². The van der Waals surface area contributed by atoms with Gasteiger partial charge in [0.2, 0.25) is 0 Å². The van der Waals surface area contributed by atoms with E-state index in [1.54, 1.807) is 6.92 Å². The molecule has 2 N–H and O–H groups in total. The Kier molecular flexibility index (Phi) is 6.17. The Morgan fingerprint density at radius 3 is 2.79 bits per heavy atom. The summed E-state index contributed by atoms with van der Waals surface area (Å²) < 4.78 is 31.3. The third-order valence-corrected chi connectivity index (χ3v) is 2.85. The van der Waals surface area contributed by atoms with Crippen LogP contribution in [0.15, 0.2) is 16.6 Å². The smallest absolute Gasteiger partial charge is 0.308 e. The van der Waals surface area contributed by atoms with E-state index in [2.05, 4.69) is 26.0 Å². The molecule has 1 unspecified atom stereocenters. The van der Waals surface area contributed by atoms with Crippen LogP contribution in [-0.4, -0.2) is 30.3 Å². The molecule has 0 aliphatic heterocycles. The summed E-state index contributed by atoms with van der Waals surface area (Å²) in [7, 11) is 0. The Morgan fingerprint density at radius 2 is 2.16 bits per heavy atom. The number of nitrogens with one attached hydrogen (secondary N) is 1.